The lowest BCUT2D eigenvalue weighted by Crippen LogP contribution is -2.43. The molecule has 4 heteroatoms. The van der Waals surface area contributed by atoms with Crippen LogP contribution in [0.2, 0.25) is 0 Å². The zero-order valence-corrected chi connectivity index (χ0v) is 13.1. The molecule has 0 heterocycles. The second-order valence-corrected chi connectivity index (χ2v) is 5.31. The molecule has 0 spiro atoms. The van der Waals surface area contributed by atoms with Gasteiger partial charge in [0.25, 0.3) is 0 Å². The average Bonchev–Trinajstić information content (AvgIpc) is 2.44. The van der Waals surface area contributed by atoms with Crippen molar-refractivity contribution in [2.75, 3.05) is 25.5 Å². The van der Waals surface area contributed by atoms with Crippen LogP contribution >= 0.6 is 0 Å². The van der Waals surface area contributed by atoms with Gasteiger partial charge in [0.15, 0.2) is 0 Å². The highest BCUT2D eigenvalue weighted by Crippen LogP contribution is 2.14. The van der Waals surface area contributed by atoms with Gasteiger partial charge in [-0.25, -0.2) is 0 Å². The third-order valence-electron chi connectivity index (χ3n) is 3.44. The van der Waals surface area contributed by atoms with E-state index in [2.05, 4.69) is 29.2 Å². The topological polar surface area (TPSA) is 49.6 Å². The molecule has 0 bridgehead atoms. The summed E-state index contributed by atoms with van der Waals surface area (Å²) in [5, 5.41) is 0. The number of carbonyl (C=O) groups is 1. The monoisotopic (exact) mass is 277 g/mol. The first-order valence-electron chi connectivity index (χ1n) is 7.30. The van der Waals surface area contributed by atoms with Gasteiger partial charge in [-0.3, -0.25) is 4.79 Å². The van der Waals surface area contributed by atoms with Crippen LogP contribution in [-0.2, 0) is 11.3 Å². The molecule has 0 aromatic heterocycles. The summed E-state index contributed by atoms with van der Waals surface area (Å²) in [5.41, 5.74) is 8.22. The van der Waals surface area contributed by atoms with Crippen LogP contribution in [0.15, 0.2) is 24.3 Å². The van der Waals surface area contributed by atoms with E-state index < -0.39 is 0 Å². The lowest BCUT2D eigenvalue weighted by atomic mass is 10.1. The maximum atomic E-state index is 12.2. The summed E-state index contributed by atoms with van der Waals surface area (Å²) in [6.45, 7) is 5.35. The smallest absolute Gasteiger partial charge is 0.239 e. The number of rotatable bonds is 7. The number of hydrogen-bond donors (Lipinski definition) is 1. The van der Waals surface area contributed by atoms with E-state index in [1.165, 1.54) is 0 Å². The molecule has 112 valence electrons. The van der Waals surface area contributed by atoms with E-state index in [0.29, 0.717) is 13.1 Å². The molecule has 2 N–H and O–H groups in total. The van der Waals surface area contributed by atoms with Crippen molar-refractivity contribution in [2.45, 2.75) is 39.3 Å². The molecule has 0 saturated heterocycles. The second kappa shape index (κ2) is 7.90. The molecule has 1 rings (SSSR count). The zero-order chi connectivity index (χ0) is 15.1. The highest BCUT2D eigenvalue weighted by Gasteiger charge is 2.19. The zero-order valence-electron chi connectivity index (χ0n) is 13.1. The maximum Gasteiger partial charge on any atom is 0.239 e. The van der Waals surface area contributed by atoms with Gasteiger partial charge in [-0.15, -0.1) is 0 Å². The van der Waals surface area contributed by atoms with Crippen LogP contribution < -0.4 is 10.6 Å². The molecule has 1 amide bonds. The fourth-order valence-corrected chi connectivity index (χ4v) is 2.13. The first-order valence-corrected chi connectivity index (χ1v) is 7.30. The quantitative estimate of drug-likeness (QED) is 0.831. The number of benzene rings is 1. The van der Waals surface area contributed by atoms with Crippen LogP contribution in [0.5, 0.6) is 0 Å². The fraction of sp³-hybridized carbons (Fsp3) is 0.562. The number of nitrogens with two attached hydrogens (primary N) is 1. The van der Waals surface area contributed by atoms with E-state index in [0.717, 1.165) is 24.1 Å². The van der Waals surface area contributed by atoms with Crippen LogP contribution in [0, 0.1) is 0 Å². The molecular weight excluding hydrogens is 250 g/mol. The van der Waals surface area contributed by atoms with Crippen LogP contribution in [0.4, 0.5) is 5.69 Å². The minimum absolute atomic E-state index is 0.0473. The van der Waals surface area contributed by atoms with Crippen molar-refractivity contribution in [3.63, 3.8) is 0 Å². The van der Waals surface area contributed by atoms with E-state index in [1.807, 2.05) is 32.8 Å². The summed E-state index contributed by atoms with van der Waals surface area (Å²) < 4.78 is 0. The Labute approximate surface area is 122 Å². The second-order valence-electron chi connectivity index (χ2n) is 5.31. The Morgan fingerprint density at radius 2 is 1.80 bits per heavy atom. The van der Waals surface area contributed by atoms with Crippen molar-refractivity contribution in [1.29, 1.82) is 0 Å². The van der Waals surface area contributed by atoms with Gasteiger partial charge in [0.2, 0.25) is 5.91 Å². The van der Waals surface area contributed by atoms with Crippen LogP contribution in [0.1, 0.15) is 32.3 Å². The van der Waals surface area contributed by atoms with Gasteiger partial charge in [-0.05, 0) is 31.0 Å². The van der Waals surface area contributed by atoms with Crippen molar-refractivity contribution >= 4 is 11.6 Å². The average molecular weight is 277 g/mol. The van der Waals surface area contributed by atoms with Gasteiger partial charge in [-0.2, -0.15) is 0 Å². The number of hydrogen-bond acceptors (Lipinski definition) is 3. The Hall–Kier alpha value is -1.55. The van der Waals surface area contributed by atoms with Crippen molar-refractivity contribution in [3.05, 3.63) is 29.8 Å². The molecule has 0 radical (unpaired) electrons. The van der Waals surface area contributed by atoms with E-state index in [-0.39, 0.29) is 11.9 Å². The van der Waals surface area contributed by atoms with Gasteiger partial charge in [0, 0.05) is 32.9 Å². The molecule has 1 atom stereocenters. The Balaban J connectivity index is 2.70. The third-order valence-corrected chi connectivity index (χ3v) is 3.44. The van der Waals surface area contributed by atoms with Gasteiger partial charge in [0.05, 0.1) is 6.04 Å². The maximum absolute atomic E-state index is 12.2. The number of likely N-dealkylation sites (N-methyl/N-ethyl adjacent to an activating group) is 1. The van der Waals surface area contributed by atoms with Gasteiger partial charge >= 0.3 is 0 Å². The molecule has 0 aliphatic rings. The summed E-state index contributed by atoms with van der Waals surface area (Å²) in [6.07, 6.45) is 1.68. The summed E-state index contributed by atoms with van der Waals surface area (Å²) in [4.78, 5) is 16.1. The van der Waals surface area contributed by atoms with Crippen LogP contribution in [0.25, 0.3) is 0 Å². The SMILES string of the molecule is CCC[C@H](N)C(=O)N(CC)Cc1ccc(N(C)C)cc1. The molecule has 0 aliphatic carbocycles. The number of carbonyl (C=O) groups excluding carboxylic acids is 1. The molecule has 1 aromatic rings. The van der Waals surface area contributed by atoms with Crippen LogP contribution in [-0.4, -0.2) is 37.5 Å². The first kappa shape index (κ1) is 16.5. The standard InChI is InChI=1S/C16H27N3O/c1-5-7-15(17)16(20)19(6-2)12-13-8-10-14(11-9-13)18(3)4/h8-11,15H,5-7,12,17H2,1-4H3/t15-/m0/s1. The largest absolute Gasteiger partial charge is 0.378 e. The van der Waals surface area contributed by atoms with E-state index in [1.54, 1.807) is 0 Å². The van der Waals surface area contributed by atoms with Crippen molar-refractivity contribution < 1.29 is 4.79 Å². The van der Waals surface area contributed by atoms with E-state index in [9.17, 15) is 4.79 Å². The summed E-state index contributed by atoms with van der Waals surface area (Å²) in [5.74, 6) is 0.0473. The van der Waals surface area contributed by atoms with Crippen molar-refractivity contribution in [2.24, 2.45) is 5.73 Å². The minimum atomic E-state index is -0.374. The summed E-state index contributed by atoms with van der Waals surface area (Å²) in [7, 11) is 4.03. The van der Waals surface area contributed by atoms with Crippen molar-refractivity contribution in [3.8, 4) is 0 Å². The normalized spacial score (nSPS) is 12.1. The van der Waals surface area contributed by atoms with Gasteiger partial charge < -0.3 is 15.5 Å². The highest BCUT2D eigenvalue weighted by atomic mass is 16.2. The molecule has 0 unspecified atom stereocenters. The first-order chi connectivity index (χ1) is 9.49. The molecule has 1 aromatic carbocycles. The third kappa shape index (κ3) is 4.53. The molecule has 0 fully saturated rings. The lowest BCUT2D eigenvalue weighted by molar-refractivity contribution is -0.133. The van der Waals surface area contributed by atoms with Crippen LogP contribution in [0.3, 0.4) is 0 Å². The van der Waals surface area contributed by atoms with Crippen molar-refractivity contribution in [1.82, 2.24) is 4.90 Å². The Morgan fingerprint density at radius 1 is 1.20 bits per heavy atom. The van der Waals surface area contributed by atoms with Gasteiger partial charge in [-0.1, -0.05) is 25.5 Å². The van der Waals surface area contributed by atoms with Gasteiger partial charge in [0.1, 0.15) is 0 Å². The molecule has 0 aliphatic heterocycles. The lowest BCUT2D eigenvalue weighted by Gasteiger charge is -2.24. The fourth-order valence-electron chi connectivity index (χ4n) is 2.13. The van der Waals surface area contributed by atoms with E-state index >= 15 is 0 Å². The number of nitrogens with zero attached hydrogens (tertiary/aromatic N) is 2. The highest BCUT2D eigenvalue weighted by molar-refractivity contribution is 5.81. The predicted octanol–water partition coefficient (Wildman–Crippen LogP) is 2.23. The molecule has 4 nitrogen and oxygen atoms in total. The molecule has 0 saturated carbocycles. The summed E-state index contributed by atoms with van der Waals surface area (Å²) in [6, 6.07) is 7.90. The van der Waals surface area contributed by atoms with E-state index in [4.69, 9.17) is 5.73 Å². The molecule has 20 heavy (non-hydrogen) atoms. The Morgan fingerprint density at radius 3 is 2.25 bits per heavy atom. The Kier molecular flexibility index (Phi) is 6.52. The number of amides is 1. The number of anilines is 1. The minimum Gasteiger partial charge on any atom is -0.378 e. The summed E-state index contributed by atoms with van der Waals surface area (Å²) >= 11 is 0. The molecular formula is C16H27N3O. The predicted molar refractivity (Wildman–Crippen MR) is 84.7 cm³/mol. The Bertz CT molecular complexity index is 414.